The lowest BCUT2D eigenvalue weighted by molar-refractivity contribution is 0.0869. The molecule has 18 heavy (non-hydrogen) atoms. The van der Waals surface area contributed by atoms with Crippen LogP contribution in [0.15, 0.2) is 10.6 Å². The van der Waals surface area contributed by atoms with Crippen LogP contribution in [-0.2, 0) is 16.1 Å². The predicted octanol–water partition coefficient (Wildman–Crippen LogP) is -0.0518. The number of nitrogens with zero attached hydrogens (tertiary/aromatic N) is 1. The number of hydrogen-bond donors (Lipinski definition) is 2. The number of amides is 1. The maximum absolute atomic E-state index is 11.8. The number of aliphatic hydroxyl groups excluding tert-OH is 1. The first-order chi connectivity index (χ1) is 8.71. The average molecular weight is 258 g/mol. The van der Waals surface area contributed by atoms with E-state index in [9.17, 15) is 4.79 Å². The monoisotopic (exact) mass is 258 g/mol. The molecule has 1 aromatic rings. The van der Waals surface area contributed by atoms with Crippen LogP contribution in [-0.4, -0.2) is 49.6 Å². The molecule has 102 valence electrons. The SMILES string of the molecule is COCc1cc(C(=O)NC(CCO)COC)no1. The van der Waals surface area contributed by atoms with Crippen LogP contribution >= 0.6 is 0 Å². The van der Waals surface area contributed by atoms with Crippen molar-refractivity contribution in [2.45, 2.75) is 19.1 Å². The Bertz CT molecular complexity index is 360. The number of carbonyl (C=O) groups excluding carboxylic acids is 1. The normalized spacial score (nSPS) is 12.4. The molecule has 0 radical (unpaired) electrons. The first kappa shape index (κ1) is 14.6. The Labute approximate surface area is 105 Å². The molecule has 0 aliphatic heterocycles. The molecule has 7 nitrogen and oxygen atoms in total. The van der Waals surface area contributed by atoms with Crippen molar-refractivity contribution in [3.05, 3.63) is 17.5 Å². The van der Waals surface area contributed by atoms with Crippen LogP contribution in [0, 0.1) is 0 Å². The fraction of sp³-hybridized carbons (Fsp3) is 0.636. The number of aliphatic hydroxyl groups is 1. The van der Waals surface area contributed by atoms with Gasteiger partial charge in [0.15, 0.2) is 11.5 Å². The summed E-state index contributed by atoms with van der Waals surface area (Å²) in [5.74, 6) is 0.115. The van der Waals surface area contributed by atoms with Crippen molar-refractivity contribution in [3.8, 4) is 0 Å². The molecule has 0 saturated carbocycles. The van der Waals surface area contributed by atoms with Crippen LogP contribution in [0.4, 0.5) is 0 Å². The number of nitrogens with one attached hydrogen (secondary N) is 1. The smallest absolute Gasteiger partial charge is 0.273 e. The van der Waals surface area contributed by atoms with Crippen LogP contribution in [0.25, 0.3) is 0 Å². The molecular weight excluding hydrogens is 240 g/mol. The Kier molecular flexibility index (Phi) is 6.34. The second kappa shape index (κ2) is 7.80. The molecule has 1 heterocycles. The van der Waals surface area contributed by atoms with E-state index in [1.54, 1.807) is 0 Å². The summed E-state index contributed by atoms with van der Waals surface area (Å²) >= 11 is 0. The molecule has 0 aliphatic carbocycles. The van der Waals surface area contributed by atoms with Gasteiger partial charge in [-0.05, 0) is 6.42 Å². The van der Waals surface area contributed by atoms with Gasteiger partial charge in [-0.1, -0.05) is 5.16 Å². The van der Waals surface area contributed by atoms with E-state index in [4.69, 9.17) is 19.1 Å². The summed E-state index contributed by atoms with van der Waals surface area (Å²) in [4.78, 5) is 11.8. The third kappa shape index (κ3) is 4.44. The van der Waals surface area contributed by atoms with Gasteiger partial charge >= 0.3 is 0 Å². The van der Waals surface area contributed by atoms with Crippen molar-refractivity contribution in [2.24, 2.45) is 0 Å². The first-order valence-corrected chi connectivity index (χ1v) is 5.56. The van der Waals surface area contributed by atoms with E-state index in [2.05, 4.69) is 10.5 Å². The molecule has 7 heteroatoms. The third-order valence-electron chi connectivity index (χ3n) is 2.26. The Morgan fingerprint density at radius 2 is 2.33 bits per heavy atom. The Hall–Kier alpha value is -1.44. The van der Waals surface area contributed by atoms with Crippen LogP contribution in [0.5, 0.6) is 0 Å². The largest absolute Gasteiger partial charge is 0.396 e. The van der Waals surface area contributed by atoms with Crippen molar-refractivity contribution in [1.82, 2.24) is 10.5 Å². The van der Waals surface area contributed by atoms with Crippen molar-refractivity contribution in [3.63, 3.8) is 0 Å². The van der Waals surface area contributed by atoms with E-state index in [0.717, 1.165) is 0 Å². The van der Waals surface area contributed by atoms with Gasteiger partial charge in [-0.2, -0.15) is 0 Å². The topological polar surface area (TPSA) is 93.8 Å². The van der Waals surface area contributed by atoms with Crippen molar-refractivity contribution < 1.29 is 23.9 Å². The standard InChI is InChI=1S/C11H18N2O5/c1-16-6-8(3-4-14)12-11(15)10-5-9(7-17-2)18-13-10/h5,8,14H,3-4,6-7H2,1-2H3,(H,12,15). The zero-order valence-electron chi connectivity index (χ0n) is 10.5. The minimum absolute atomic E-state index is 0.0257. The number of ether oxygens (including phenoxy) is 2. The summed E-state index contributed by atoms with van der Waals surface area (Å²) in [5, 5.41) is 15.2. The molecular formula is C11H18N2O5. The summed E-state index contributed by atoms with van der Waals surface area (Å²) in [6.07, 6.45) is 0.419. The van der Waals surface area contributed by atoms with Gasteiger partial charge < -0.3 is 24.4 Å². The number of rotatable bonds is 8. The maximum atomic E-state index is 11.8. The molecule has 0 spiro atoms. The molecule has 2 N–H and O–H groups in total. The summed E-state index contributed by atoms with van der Waals surface area (Å²) in [5.41, 5.74) is 0.182. The number of hydrogen-bond acceptors (Lipinski definition) is 6. The predicted molar refractivity (Wildman–Crippen MR) is 62.0 cm³/mol. The van der Waals surface area contributed by atoms with E-state index >= 15 is 0 Å². The average Bonchev–Trinajstić information content (AvgIpc) is 2.79. The van der Waals surface area contributed by atoms with Gasteiger partial charge in [-0.25, -0.2) is 0 Å². The van der Waals surface area contributed by atoms with Gasteiger partial charge in [0.05, 0.1) is 12.6 Å². The van der Waals surface area contributed by atoms with Crippen molar-refractivity contribution in [2.75, 3.05) is 27.4 Å². The van der Waals surface area contributed by atoms with Crippen molar-refractivity contribution >= 4 is 5.91 Å². The van der Waals surface area contributed by atoms with Crippen LogP contribution in [0.2, 0.25) is 0 Å². The fourth-order valence-corrected chi connectivity index (χ4v) is 1.44. The van der Waals surface area contributed by atoms with Gasteiger partial charge in [0.2, 0.25) is 0 Å². The Morgan fingerprint density at radius 1 is 1.56 bits per heavy atom. The molecule has 1 amide bonds. The minimum Gasteiger partial charge on any atom is -0.396 e. The van der Waals surface area contributed by atoms with E-state index in [0.29, 0.717) is 18.8 Å². The van der Waals surface area contributed by atoms with E-state index in [-0.39, 0.29) is 30.9 Å². The van der Waals surface area contributed by atoms with E-state index in [1.807, 2.05) is 0 Å². The zero-order chi connectivity index (χ0) is 13.4. The van der Waals surface area contributed by atoms with Crippen LogP contribution in [0.3, 0.4) is 0 Å². The molecule has 0 bridgehead atoms. The number of carbonyl (C=O) groups is 1. The molecule has 1 rings (SSSR count). The third-order valence-corrected chi connectivity index (χ3v) is 2.26. The number of aromatic nitrogens is 1. The molecule has 1 unspecified atom stereocenters. The van der Waals surface area contributed by atoms with Crippen LogP contribution < -0.4 is 5.32 Å². The molecule has 0 saturated heterocycles. The molecule has 0 aliphatic rings. The molecule has 1 atom stereocenters. The quantitative estimate of drug-likeness (QED) is 0.679. The number of methoxy groups -OCH3 is 2. The molecule has 1 aromatic heterocycles. The summed E-state index contributed by atoms with van der Waals surface area (Å²) < 4.78 is 14.7. The molecule has 0 aromatic carbocycles. The summed E-state index contributed by atoms with van der Waals surface area (Å²) in [7, 11) is 3.06. The molecule has 0 fully saturated rings. The van der Waals surface area contributed by atoms with Gasteiger partial charge in [0.25, 0.3) is 5.91 Å². The maximum Gasteiger partial charge on any atom is 0.273 e. The Morgan fingerprint density at radius 3 is 2.94 bits per heavy atom. The zero-order valence-corrected chi connectivity index (χ0v) is 10.5. The highest BCUT2D eigenvalue weighted by atomic mass is 16.5. The first-order valence-electron chi connectivity index (χ1n) is 5.56. The minimum atomic E-state index is -0.364. The van der Waals surface area contributed by atoms with E-state index in [1.165, 1.54) is 20.3 Å². The highest BCUT2D eigenvalue weighted by Gasteiger charge is 2.17. The second-order valence-corrected chi connectivity index (χ2v) is 3.75. The Balaban J connectivity index is 2.56. The lowest BCUT2D eigenvalue weighted by Gasteiger charge is -2.15. The lowest BCUT2D eigenvalue weighted by atomic mass is 10.2. The second-order valence-electron chi connectivity index (χ2n) is 3.75. The highest BCUT2D eigenvalue weighted by Crippen LogP contribution is 2.05. The summed E-state index contributed by atoms with van der Waals surface area (Å²) in [6.45, 7) is 0.565. The van der Waals surface area contributed by atoms with Gasteiger partial charge in [-0.15, -0.1) is 0 Å². The van der Waals surface area contributed by atoms with Gasteiger partial charge in [-0.3, -0.25) is 4.79 Å². The fourth-order valence-electron chi connectivity index (χ4n) is 1.44. The summed E-state index contributed by atoms with van der Waals surface area (Å²) in [6, 6.07) is 1.26. The van der Waals surface area contributed by atoms with Crippen molar-refractivity contribution in [1.29, 1.82) is 0 Å². The van der Waals surface area contributed by atoms with Gasteiger partial charge in [0.1, 0.15) is 6.61 Å². The van der Waals surface area contributed by atoms with E-state index < -0.39 is 0 Å². The highest BCUT2D eigenvalue weighted by molar-refractivity contribution is 5.92. The lowest BCUT2D eigenvalue weighted by Crippen LogP contribution is -2.38. The van der Waals surface area contributed by atoms with Gasteiger partial charge in [0, 0.05) is 26.9 Å². The van der Waals surface area contributed by atoms with Crippen LogP contribution in [0.1, 0.15) is 22.7 Å².